The van der Waals surface area contributed by atoms with Crippen LogP contribution >= 0.6 is 15.6 Å². The Morgan fingerprint density at radius 1 is 0.282 bits per heavy atom. The maximum atomic E-state index is 13.0. The largest absolute Gasteiger partial charge is 0.472 e. The summed E-state index contributed by atoms with van der Waals surface area (Å²) in [6, 6.07) is 0. The molecule has 103 heavy (non-hydrogen) atoms. The standard InChI is InChI=1S/C85H140O16P2/c1-4-7-10-13-16-19-22-25-28-31-34-36-38-39-41-43-45-47-50-53-56-59-62-65-68-71-83(88)95-74-80(86)75-97-102(91,92)98-76-81(87)77-99-103(93,94)100-79-82(101-85(90)73-70-67-64-61-58-55-52-49-44-33-30-27-24-21-18-15-12-9-6-3)78-96-84(89)72-69-66-63-60-57-54-51-48-46-42-40-37-35-32-29-26-23-20-17-14-11-8-5-2/h7,9-10,12,16-21,25-30,34-37,39,41-42,44,46,49,55,58,80-82,86-87H,4-6,8,11,13-15,22-24,31-33,38,40,43,45,47-48,50-54,56-57,59-79H2,1-3H3,(H,91,92)(H,93,94)/b10-7-,12-9-,19-16-,20-17-,21-18-,28-25-,29-26-,30-27-,36-34-,37-35-,41-39-,46-42-,49-44-,58-55-. The molecule has 0 aliphatic rings. The Balaban J connectivity index is 4.72. The van der Waals surface area contributed by atoms with Crippen LogP contribution in [0.15, 0.2) is 170 Å². The molecule has 0 fully saturated rings. The number of carbonyl (C=O) groups is 3. The van der Waals surface area contributed by atoms with Gasteiger partial charge in [-0.1, -0.05) is 287 Å². The molecule has 0 saturated carbocycles. The van der Waals surface area contributed by atoms with Gasteiger partial charge in [-0.25, -0.2) is 9.13 Å². The number of carbonyl (C=O) groups excluding carboxylic acids is 3. The summed E-state index contributed by atoms with van der Waals surface area (Å²) in [5.41, 5.74) is 0. The second-order valence-electron chi connectivity index (χ2n) is 25.7. The van der Waals surface area contributed by atoms with Gasteiger partial charge in [-0.2, -0.15) is 0 Å². The quantitative estimate of drug-likeness (QED) is 0.0146. The monoisotopic (exact) mass is 1480 g/mol. The van der Waals surface area contributed by atoms with E-state index in [1.807, 2.05) is 0 Å². The molecule has 0 heterocycles. The van der Waals surface area contributed by atoms with Gasteiger partial charge in [0.05, 0.1) is 26.4 Å². The van der Waals surface area contributed by atoms with Crippen LogP contribution in [0.3, 0.4) is 0 Å². The SMILES string of the molecule is CC/C=C\C/C=C\C/C=C\C/C=C\C/C=C\CCCCCCCCCCCC(=O)OCC(O)COP(=O)(O)OCC(O)COP(=O)(O)OCC(COC(=O)CCCCCCCCC/C=C\C/C=C\C/C=C\C/C=C\CCCCC)OC(=O)CCCCC/C=C\C/C=C\C/C=C\C/C=C\C/C=C\CC. The summed E-state index contributed by atoms with van der Waals surface area (Å²) in [7, 11) is -9.82. The molecule has 5 atom stereocenters. The summed E-state index contributed by atoms with van der Waals surface area (Å²) in [6.45, 7) is 2.36. The molecule has 586 valence electrons. The molecule has 0 aliphatic heterocycles. The average molecular weight is 1480 g/mol. The van der Waals surface area contributed by atoms with E-state index in [4.69, 9.17) is 32.3 Å². The highest BCUT2D eigenvalue weighted by atomic mass is 31.2. The van der Waals surface area contributed by atoms with Crippen molar-refractivity contribution in [2.24, 2.45) is 0 Å². The summed E-state index contributed by atoms with van der Waals surface area (Å²) in [5, 5.41) is 20.6. The second-order valence-corrected chi connectivity index (χ2v) is 28.7. The van der Waals surface area contributed by atoms with Gasteiger partial charge in [-0.3, -0.25) is 32.5 Å². The van der Waals surface area contributed by atoms with E-state index in [1.54, 1.807) is 0 Å². The van der Waals surface area contributed by atoms with Crippen molar-refractivity contribution in [1.29, 1.82) is 0 Å². The second kappa shape index (κ2) is 76.6. The minimum absolute atomic E-state index is 0.0566. The topological polar surface area (TPSA) is 231 Å². The highest BCUT2D eigenvalue weighted by Crippen LogP contribution is 2.45. The average Bonchev–Trinajstić information content (AvgIpc) is 0.922. The zero-order valence-corrected chi connectivity index (χ0v) is 65.7. The van der Waals surface area contributed by atoms with Crippen LogP contribution in [0.4, 0.5) is 0 Å². The first kappa shape index (κ1) is 97.9. The number of rotatable bonds is 73. The van der Waals surface area contributed by atoms with Crippen molar-refractivity contribution >= 4 is 33.6 Å². The van der Waals surface area contributed by atoms with E-state index in [0.29, 0.717) is 19.3 Å². The Kier molecular flexibility index (Phi) is 72.8. The van der Waals surface area contributed by atoms with Crippen LogP contribution in [0.5, 0.6) is 0 Å². The number of ether oxygens (including phenoxy) is 3. The molecule has 5 unspecified atom stereocenters. The van der Waals surface area contributed by atoms with Crippen molar-refractivity contribution in [3.63, 3.8) is 0 Å². The molecule has 0 radical (unpaired) electrons. The van der Waals surface area contributed by atoms with E-state index >= 15 is 0 Å². The Bertz CT molecular complexity index is 2550. The van der Waals surface area contributed by atoms with Crippen LogP contribution in [0.25, 0.3) is 0 Å². The number of hydrogen-bond acceptors (Lipinski definition) is 14. The Morgan fingerprint density at radius 2 is 0.515 bits per heavy atom. The highest BCUT2D eigenvalue weighted by Gasteiger charge is 2.29. The first-order valence-electron chi connectivity index (χ1n) is 39.4. The normalized spacial score (nSPS) is 14.9. The fourth-order valence-corrected chi connectivity index (χ4v) is 11.5. The lowest BCUT2D eigenvalue weighted by Gasteiger charge is -2.21. The van der Waals surface area contributed by atoms with E-state index in [2.05, 4.69) is 191 Å². The van der Waals surface area contributed by atoms with Gasteiger partial charge in [0.15, 0.2) is 6.10 Å². The smallest absolute Gasteiger partial charge is 0.463 e. The number of esters is 3. The van der Waals surface area contributed by atoms with Gasteiger partial charge in [0.2, 0.25) is 0 Å². The van der Waals surface area contributed by atoms with Gasteiger partial charge in [-0.15, -0.1) is 0 Å². The molecule has 0 aromatic carbocycles. The van der Waals surface area contributed by atoms with Crippen LogP contribution in [0, 0.1) is 0 Å². The Labute approximate surface area is 624 Å². The Hall–Kier alpha value is -5.09. The fourth-order valence-electron chi connectivity index (χ4n) is 9.96. The third-order valence-electron chi connectivity index (χ3n) is 15.9. The van der Waals surface area contributed by atoms with E-state index in [9.17, 15) is 43.5 Å². The molecule has 0 aromatic rings. The molecule has 0 amide bonds. The van der Waals surface area contributed by atoms with Gasteiger partial charge < -0.3 is 34.2 Å². The fraction of sp³-hybridized carbons (Fsp3) is 0.635. The predicted molar refractivity (Wildman–Crippen MR) is 426 cm³/mol. The molecular formula is C85H140O16P2. The van der Waals surface area contributed by atoms with Gasteiger partial charge >= 0.3 is 33.6 Å². The van der Waals surface area contributed by atoms with Crippen LogP contribution in [0.1, 0.15) is 290 Å². The van der Waals surface area contributed by atoms with Crippen LogP contribution in [0.2, 0.25) is 0 Å². The minimum Gasteiger partial charge on any atom is -0.463 e. The molecule has 0 aliphatic carbocycles. The number of phosphoric acid groups is 2. The molecule has 0 aromatic heterocycles. The molecular weight excluding hydrogens is 1340 g/mol. The highest BCUT2D eigenvalue weighted by molar-refractivity contribution is 7.47. The summed E-state index contributed by atoms with van der Waals surface area (Å²) >= 11 is 0. The summed E-state index contributed by atoms with van der Waals surface area (Å²) in [5.74, 6) is -1.64. The minimum atomic E-state index is -4.95. The van der Waals surface area contributed by atoms with Crippen LogP contribution in [-0.4, -0.2) is 95.9 Å². The molecule has 16 nitrogen and oxygen atoms in total. The molecule has 18 heteroatoms. The van der Waals surface area contributed by atoms with Gasteiger partial charge in [0, 0.05) is 19.3 Å². The predicted octanol–water partition coefficient (Wildman–Crippen LogP) is 23.2. The van der Waals surface area contributed by atoms with Gasteiger partial charge in [-0.05, 0) is 154 Å². The molecule has 0 bridgehead atoms. The van der Waals surface area contributed by atoms with Crippen molar-refractivity contribution in [3.05, 3.63) is 170 Å². The summed E-state index contributed by atoms with van der Waals surface area (Å²) in [6.07, 6.45) is 96.7. The number of allylic oxidation sites excluding steroid dienone is 28. The van der Waals surface area contributed by atoms with Crippen molar-refractivity contribution in [2.45, 2.75) is 309 Å². The van der Waals surface area contributed by atoms with Crippen molar-refractivity contribution in [2.75, 3.05) is 39.6 Å². The van der Waals surface area contributed by atoms with Crippen LogP contribution < -0.4 is 0 Å². The third-order valence-corrected chi connectivity index (χ3v) is 17.8. The van der Waals surface area contributed by atoms with E-state index in [0.717, 1.165) is 180 Å². The maximum absolute atomic E-state index is 13.0. The first-order chi connectivity index (χ1) is 50.2. The van der Waals surface area contributed by atoms with Crippen molar-refractivity contribution in [1.82, 2.24) is 0 Å². The Morgan fingerprint density at radius 3 is 0.825 bits per heavy atom. The zero-order valence-electron chi connectivity index (χ0n) is 63.9. The lowest BCUT2D eigenvalue weighted by molar-refractivity contribution is -0.161. The molecule has 0 rings (SSSR count). The van der Waals surface area contributed by atoms with E-state index < -0.39 is 91.5 Å². The number of aliphatic hydroxyl groups is 2. The summed E-state index contributed by atoms with van der Waals surface area (Å²) in [4.78, 5) is 58.7. The first-order valence-corrected chi connectivity index (χ1v) is 42.4. The van der Waals surface area contributed by atoms with E-state index in [1.165, 1.54) is 51.4 Å². The number of phosphoric ester groups is 2. The maximum Gasteiger partial charge on any atom is 0.472 e. The molecule has 0 saturated heterocycles. The molecule has 4 N–H and O–H groups in total. The number of hydrogen-bond donors (Lipinski definition) is 4. The summed E-state index contributed by atoms with van der Waals surface area (Å²) < 4.78 is 61.2. The van der Waals surface area contributed by atoms with Crippen molar-refractivity contribution in [3.8, 4) is 0 Å². The van der Waals surface area contributed by atoms with Gasteiger partial charge in [0.1, 0.15) is 25.4 Å². The van der Waals surface area contributed by atoms with E-state index in [-0.39, 0.29) is 19.3 Å². The van der Waals surface area contributed by atoms with Crippen molar-refractivity contribution < 1.29 is 75.8 Å². The number of unbranched alkanes of at least 4 members (excludes halogenated alkanes) is 22. The lowest BCUT2D eigenvalue weighted by atomic mass is 10.1. The van der Waals surface area contributed by atoms with Crippen LogP contribution in [-0.2, 0) is 55.8 Å². The molecule has 0 spiro atoms. The lowest BCUT2D eigenvalue weighted by Crippen LogP contribution is -2.30. The third kappa shape index (κ3) is 77.8. The van der Waals surface area contributed by atoms with Gasteiger partial charge in [0.25, 0.3) is 0 Å². The number of aliphatic hydroxyl groups excluding tert-OH is 2. The zero-order chi connectivity index (χ0) is 75.2.